The molecule has 2 heterocycles. The maximum atomic E-state index is 13.8. The Morgan fingerprint density at radius 1 is 0.650 bits per heavy atom. The fourth-order valence-electron chi connectivity index (χ4n) is 5.44. The van der Waals surface area contributed by atoms with Gasteiger partial charge in [-0.1, -0.05) is 0 Å². The van der Waals surface area contributed by atoms with Crippen molar-refractivity contribution >= 4 is 11.6 Å². The number of hydrogen-bond donors (Lipinski definition) is 0. The Kier molecular flexibility index (Phi) is 12.0. The van der Waals surface area contributed by atoms with Gasteiger partial charge in [-0.25, -0.2) is 0 Å². The smallest absolute Gasteiger partial charge is 0.167 e. The molecule has 0 aromatic heterocycles. The Hall–Kier alpha value is -2.78. The fourth-order valence-corrected chi connectivity index (χ4v) is 5.44. The Labute approximate surface area is 238 Å². The van der Waals surface area contributed by atoms with Crippen molar-refractivity contribution in [3.8, 4) is 11.5 Å². The van der Waals surface area contributed by atoms with Gasteiger partial charge in [-0.05, 0) is 75.2 Å². The second-order valence-corrected chi connectivity index (χ2v) is 10.4. The molecule has 2 aliphatic rings. The number of ketones is 2. The van der Waals surface area contributed by atoms with Crippen molar-refractivity contribution in [3.05, 3.63) is 59.7 Å². The molecule has 2 saturated heterocycles. The molecule has 2 aliphatic heterocycles. The summed E-state index contributed by atoms with van der Waals surface area (Å²) in [5.74, 6) is 1.33. The van der Waals surface area contributed by atoms with Gasteiger partial charge in [0.1, 0.15) is 11.5 Å². The molecule has 0 N–H and O–H groups in total. The maximum absolute atomic E-state index is 13.8. The van der Waals surface area contributed by atoms with Crippen molar-refractivity contribution in [2.45, 2.75) is 26.7 Å². The summed E-state index contributed by atoms with van der Waals surface area (Å²) in [5.41, 5.74) is 1.37. The van der Waals surface area contributed by atoms with Gasteiger partial charge in [0, 0.05) is 62.2 Å². The van der Waals surface area contributed by atoms with Crippen LogP contribution in [0.4, 0.5) is 0 Å². The Morgan fingerprint density at radius 2 is 1.00 bits per heavy atom. The largest absolute Gasteiger partial charge is 0.494 e. The lowest BCUT2D eigenvalue weighted by Gasteiger charge is -2.32. The van der Waals surface area contributed by atoms with Crippen LogP contribution in [0.3, 0.4) is 0 Å². The molecule has 2 aromatic carbocycles. The quantitative estimate of drug-likeness (QED) is 0.304. The van der Waals surface area contributed by atoms with Crippen molar-refractivity contribution in [1.29, 1.82) is 0 Å². The molecule has 0 aliphatic carbocycles. The van der Waals surface area contributed by atoms with Gasteiger partial charge in [-0.2, -0.15) is 0 Å². The number of rotatable bonds is 15. The number of nitrogens with zero attached hydrogens (tertiary/aromatic N) is 2. The number of morpholine rings is 2. The number of ether oxygens (including phenoxy) is 4. The monoisotopic (exact) mass is 552 g/mol. The number of carbonyl (C=O) groups is 2. The van der Waals surface area contributed by atoms with Gasteiger partial charge in [-0.15, -0.1) is 0 Å². The van der Waals surface area contributed by atoms with E-state index in [0.29, 0.717) is 76.7 Å². The lowest BCUT2D eigenvalue weighted by Crippen LogP contribution is -2.42. The first kappa shape index (κ1) is 30.2. The Morgan fingerprint density at radius 3 is 1.32 bits per heavy atom. The van der Waals surface area contributed by atoms with Crippen LogP contribution in [0.1, 0.15) is 47.4 Å². The molecule has 0 spiro atoms. The summed E-state index contributed by atoms with van der Waals surface area (Å²) in [5, 5.41) is 0. The van der Waals surface area contributed by atoms with Crippen LogP contribution in [0.15, 0.2) is 48.5 Å². The number of benzene rings is 2. The maximum Gasteiger partial charge on any atom is 0.167 e. The first-order chi connectivity index (χ1) is 19.6. The van der Waals surface area contributed by atoms with Gasteiger partial charge in [-0.3, -0.25) is 19.4 Å². The SMILES string of the molecule is CCOc1ccc(C(=O)[C@H](CC[C@H](CN2CCOCC2)C(=O)c2ccc(OCC)cc2)CN2CCOCC2)cc1. The molecule has 0 radical (unpaired) electrons. The van der Waals surface area contributed by atoms with Gasteiger partial charge >= 0.3 is 0 Å². The molecular formula is C32H44N2O6. The van der Waals surface area contributed by atoms with Crippen molar-refractivity contribution in [2.24, 2.45) is 11.8 Å². The van der Waals surface area contributed by atoms with E-state index in [1.165, 1.54) is 0 Å². The normalized spacial score (nSPS) is 18.1. The lowest BCUT2D eigenvalue weighted by molar-refractivity contribution is 0.0254. The summed E-state index contributed by atoms with van der Waals surface area (Å²) >= 11 is 0. The van der Waals surface area contributed by atoms with E-state index in [-0.39, 0.29) is 23.4 Å². The Bertz CT molecular complexity index is 961. The molecule has 0 saturated carbocycles. The highest BCUT2D eigenvalue weighted by molar-refractivity contribution is 5.99. The molecule has 2 fully saturated rings. The minimum atomic E-state index is -0.212. The molecule has 0 amide bonds. The average Bonchev–Trinajstić information content (AvgIpc) is 3.00. The standard InChI is InChI=1S/C32H44N2O6/c1-3-39-29-11-7-25(8-12-29)31(35)27(23-33-15-19-37-20-16-33)5-6-28(24-34-17-21-38-22-18-34)32(36)26-9-13-30(14-10-26)40-4-2/h7-14,27-28H,3-6,15-24H2,1-2H3/t27-,28-/m1/s1. The fraction of sp³-hybridized carbons (Fsp3) is 0.562. The van der Waals surface area contributed by atoms with Crippen molar-refractivity contribution in [2.75, 3.05) is 78.9 Å². The first-order valence-corrected chi connectivity index (χ1v) is 14.7. The number of Topliss-reactive ketones (excluding diaryl/α,β-unsaturated/α-hetero) is 2. The summed E-state index contributed by atoms with van der Waals surface area (Å²) in [4.78, 5) is 32.2. The molecule has 40 heavy (non-hydrogen) atoms. The van der Waals surface area contributed by atoms with Gasteiger partial charge in [0.05, 0.1) is 39.6 Å². The summed E-state index contributed by atoms with van der Waals surface area (Å²) < 4.78 is 22.2. The van der Waals surface area contributed by atoms with Crippen LogP contribution in [0.5, 0.6) is 11.5 Å². The van der Waals surface area contributed by atoms with E-state index in [2.05, 4.69) is 9.80 Å². The van der Waals surface area contributed by atoms with Crippen LogP contribution < -0.4 is 9.47 Å². The zero-order valence-electron chi connectivity index (χ0n) is 24.0. The van der Waals surface area contributed by atoms with Gasteiger partial charge in [0.2, 0.25) is 0 Å². The van der Waals surface area contributed by atoms with Crippen LogP contribution in [0, 0.1) is 11.8 Å². The van der Waals surface area contributed by atoms with Crippen LogP contribution in [-0.4, -0.2) is 100 Å². The molecule has 2 atom stereocenters. The van der Waals surface area contributed by atoms with E-state index in [0.717, 1.165) is 37.7 Å². The zero-order chi connectivity index (χ0) is 28.2. The van der Waals surface area contributed by atoms with Crippen molar-refractivity contribution in [1.82, 2.24) is 9.80 Å². The molecular weight excluding hydrogens is 508 g/mol. The van der Waals surface area contributed by atoms with Gasteiger partial charge in [0.25, 0.3) is 0 Å². The third-order valence-electron chi connectivity index (χ3n) is 7.67. The molecule has 4 rings (SSSR count). The van der Waals surface area contributed by atoms with E-state index < -0.39 is 0 Å². The second-order valence-electron chi connectivity index (χ2n) is 10.4. The molecule has 0 unspecified atom stereocenters. The van der Waals surface area contributed by atoms with E-state index in [1.807, 2.05) is 62.4 Å². The summed E-state index contributed by atoms with van der Waals surface area (Å²) in [6, 6.07) is 14.9. The van der Waals surface area contributed by atoms with Crippen molar-refractivity contribution in [3.63, 3.8) is 0 Å². The number of hydrogen-bond acceptors (Lipinski definition) is 8. The van der Waals surface area contributed by atoms with E-state index in [9.17, 15) is 9.59 Å². The summed E-state index contributed by atoms with van der Waals surface area (Å²) in [6.07, 6.45) is 1.28. The second kappa shape index (κ2) is 15.9. The highest BCUT2D eigenvalue weighted by atomic mass is 16.5. The third kappa shape index (κ3) is 8.86. The predicted molar refractivity (Wildman–Crippen MR) is 155 cm³/mol. The molecule has 218 valence electrons. The van der Waals surface area contributed by atoms with Crippen molar-refractivity contribution < 1.29 is 28.5 Å². The highest BCUT2D eigenvalue weighted by Crippen LogP contribution is 2.25. The highest BCUT2D eigenvalue weighted by Gasteiger charge is 2.29. The third-order valence-corrected chi connectivity index (χ3v) is 7.67. The van der Waals surface area contributed by atoms with Crippen LogP contribution in [0.25, 0.3) is 0 Å². The predicted octanol–water partition coefficient (Wildman–Crippen LogP) is 4.23. The van der Waals surface area contributed by atoms with Crippen LogP contribution in [-0.2, 0) is 9.47 Å². The lowest BCUT2D eigenvalue weighted by atomic mass is 9.86. The first-order valence-electron chi connectivity index (χ1n) is 14.7. The van der Waals surface area contributed by atoms with E-state index in [4.69, 9.17) is 18.9 Å². The van der Waals surface area contributed by atoms with Gasteiger partial charge < -0.3 is 18.9 Å². The molecule has 8 heteroatoms. The zero-order valence-corrected chi connectivity index (χ0v) is 24.0. The van der Waals surface area contributed by atoms with Crippen LogP contribution in [0.2, 0.25) is 0 Å². The van der Waals surface area contributed by atoms with E-state index in [1.54, 1.807) is 0 Å². The molecule has 0 bridgehead atoms. The van der Waals surface area contributed by atoms with E-state index >= 15 is 0 Å². The molecule has 2 aromatic rings. The average molecular weight is 553 g/mol. The number of carbonyl (C=O) groups excluding carboxylic acids is 2. The van der Waals surface area contributed by atoms with Gasteiger partial charge in [0.15, 0.2) is 11.6 Å². The summed E-state index contributed by atoms with van der Waals surface area (Å²) in [6.45, 7) is 12.4. The topological polar surface area (TPSA) is 77.5 Å². The minimum Gasteiger partial charge on any atom is -0.494 e. The molecule has 8 nitrogen and oxygen atoms in total. The van der Waals surface area contributed by atoms with Crippen LogP contribution >= 0.6 is 0 Å². The Balaban J connectivity index is 1.50. The minimum absolute atomic E-state index is 0.119. The summed E-state index contributed by atoms with van der Waals surface area (Å²) in [7, 11) is 0.